The average molecular weight is 264 g/mol. The van der Waals surface area contributed by atoms with E-state index in [9.17, 15) is 9.59 Å². The van der Waals surface area contributed by atoms with Crippen molar-refractivity contribution in [1.82, 2.24) is 9.88 Å². The lowest BCUT2D eigenvalue weighted by Crippen LogP contribution is -2.38. The molecule has 1 aromatic heterocycles. The van der Waals surface area contributed by atoms with Gasteiger partial charge in [-0.2, -0.15) is 0 Å². The fourth-order valence-corrected chi connectivity index (χ4v) is 2.32. The second-order valence-electron chi connectivity index (χ2n) is 5.10. The monoisotopic (exact) mass is 264 g/mol. The maximum atomic E-state index is 12.2. The summed E-state index contributed by atoms with van der Waals surface area (Å²) in [5.41, 5.74) is 0.609. The van der Waals surface area contributed by atoms with Crippen LogP contribution < -0.4 is 5.32 Å². The number of aliphatic carboxylic acids is 1. The molecule has 1 heterocycles. The van der Waals surface area contributed by atoms with E-state index in [-0.39, 0.29) is 18.4 Å². The minimum Gasteiger partial charge on any atom is -0.481 e. The molecule has 0 saturated heterocycles. The van der Waals surface area contributed by atoms with Crippen LogP contribution in [0.1, 0.15) is 43.1 Å². The van der Waals surface area contributed by atoms with E-state index in [1.165, 1.54) is 0 Å². The van der Waals surface area contributed by atoms with Gasteiger partial charge in [0.2, 0.25) is 0 Å². The third-order valence-corrected chi connectivity index (χ3v) is 3.43. The lowest BCUT2D eigenvalue weighted by Gasteiger charge is -2.17. The zero-order valence-electron chi connectivity index (χ0n) is 11.1. The maximum absolute atomic E-state index is 12.2. The second-order valence-corrected chi connectivity index (χ2v) is 5.10. The van der Waals surface area contributed by atoms with E-state index >= 15 is 0 Å². The van der Waals surface area contributed by atoms with E-state index in [2.05, 4.69) is 12.2 Å². The number of aryl methyl sites for hydroxylation is 1. The zero-order chi connectivity index (χ0) is 13.8. The van der Waals surface area contributed by atoms with Crippen molar-refractivity contribution >= 4 is 11.9 Å². The molecule has 1 aromatic rings. The van der Waals surface area contributed by atoms with Gasteiger partial charge in [0.15, 0.2) is 0 Å². The standard InChI is InChI=1S/C14H20N2O3/c1-2-7-16-8-3-4-12(16)14(19)15-11(9-13(17)18)10-5-6-10/h3-4,8,10-11H,2,5-7,9H2,1H3,(H,15,19)(H,17,18). The SMILES string of the molecule is CCCn1cccc1C(=O)NC(CC(=O)O)C1CC1. The van der Waals surface area contributed by atoms with Crippen molar-refractivity contribution in [2.75, 3.05) is 0 Å². The largest absolute Gasteiger partial charge is 0.481 e. The number of hydrogen-bond donors (Lipinski definition) is 2. The maximum Gasteiger partial charge on any atom is 0.305 e. The Morgan fingerprint density at radius 3 is 2.84 bits per heavy atom. The summed E-state index contributed by atoms with van der Waals surface area (Å²) >= 11 is 0. The Kier molecular flexibility index (Phi) is 4.24. The molecule has 0 bridgehead atoms. The second kappa shape index (κ2) is 5.91. The van der Waals surface area contributed by atoms with E-state index in [1.807, 2.05) is 16.8 Å². The molecule has 1 aliphatic carbocycles. The fraction of sp³-hybridized carbons (Fsp3) is 0.571. The summed E-state index contributed by atoms with van der Waals surface area (Å²) in [6.07, 6.45) is 4.85. The first kappa shape index (κ1) is 13.6. The van der Waals surface area contributed by atoms with Crippen molar-refractivity contribution < 1.29 is 14.7 Å². The lowest BCUT2D eigenvalue weighted by atomic mass is 10.1. The van der Waals surface area contributed by atoms with E-state index < -0.39 is 5.97 Å². The van der Waals surface area contributed by atoms with Gasteiger partial charge in [-0.1, -0.05) is 6.92 Å². The van der Waals surface area contributed by atoms with Crippen LogP contribution in [-0.4, -0.2) is 27.6 Å². The van der Waals surface area contributed by atoms with Crippen LogP contribution in [-0.2, 0) is 11.3 Å². The highest BCUT2D eigenvalue weighted by Crippen LogP contribution is 2.34. The van der Waals surface area contributed by atoms with Crippen molar-refractivity contribution in [2.45, 2.75) is 45.2 Å². The number of aromatic nitrogens is 1. The minimum atomic E-state index is -0.860. The summed E-state index contributed by atoms with van der Waals surface area (Å²) in [5, 5.41) is 11.8. The smallest absolute Gasteiger partial charge is 0.305 e. The summed E-state index contributed by atoms with van der Waals surface area (Å²) in [5.74, 6) is -0.702. The predicted molar refractivity (Wildman–Crippen MR) is 71.0 cm³/mol. The van der Waals surface area contributed by atoms with Crippen LogP contribution in [0.4, 0.5) is 0 Å². The molecular weight excluding hydrogens is 244 g/mol. The average Bonchev–Trinajstić information content (AvgIpc) is 3.09. The number of hydrogen-bond acceptors (Lipinski definition) is 2. The topological polar surface area (TPSA) is 71.3 Å². The van der Waals surface area contributed by atoms with Crippen LogP contribution in [0.25, 0.3) is 0 Å². The van der Waals surface area contributed by atoms with Crippen LogP contribution in [0.3, 0.4) is 0 Å². The number of carboxylic acids is 1. The molecule has 1 atom stereocenters. The highest BCUT2D eigenvalue weighted by Gasteiger charge is 2.34. The van der Waals surface area contributed by atoms with Gasteiger partial charge in [-0.3, -0.25) is 9.59 Å². The summed E-state index contributed by atoms with van der Waals surface area (Å²) in [4.78, 5) is 23.0. The number of nitrogens with zero attached hydrogens (tertiary/aromatic N) is 1. The number of carboxylic acid groups (broad SMARTS) is 1. The molecule has 1 saturated carbocycles. The number of rotatable bonds is 7. The molecule has 5 nitrogen and oxygen atoms in total. The molecule has 1 unspecified atom stereocenters. The van der Waals surface area contributed by atoms with Gasteiger partial charge in [-0.15, -0.1) is 0 Å². The third-order valence-electron chi connectivity index (χ3n) is 3.43. The number of nitrogens with one attached hydrogen (secondary N) is 1. The number of amides is 1. The highest BCUT2D eigenvalue weighted by molar-refractivity contribution is 5.93. The van der Waals surface area contributed by atoms with Crippen molar-refractivity contribution in [3.05, 3.63) is 24.0 Å². The first-order chi connectivity index (χ1) is 9.11. The van der Waals surface area contributed by atoms with Crippen LogP contribution in [0.15, 0.2) is 18.3 Å². The van der Waals surface area contributed by atoms with Crippen molar-refractivity contribution in [3.8, 4) is 0 Å². The summed E-state index contributed by atoms with van der Waals surface area (Å²) in [6.45, 7) is 2.85. The Labute approximate surface area is 112 Å². The Bertz CT molecular complexity index is 463. The molecule has 1 aliphatic rings. The van der Waals surface area contributed by atoms with Gasteiger partial charge in [0, 0.05) is 18.8 Å². The Morgan fingerprint density at radius 1 is 1.53 bits per heavy atom. The summed E-state index contributed by atoms with van der Waals surface area (Å²) in [6, 6.07) is 3.37. The zero-order valence-corrected chi connectivity index (χ0v) is 11.1. The van der Waals surface area contributed by atoms with Crippen LogP contribution in [0.2, 0.25) is 0 Å². The molecule has 0 aromatic carbocycles. The van der Waals surface area contributed by atoms with Gasteiger partial charge in [0.05, 0.1) is 6.42 Å². The fourth-order valence-electron chi connectivity index (χ4n) is 2.32. The first-order valence-electron chi connectivity index (χ1n) is 6.79. The molecule has 2 N–H and O–H groups in total. The van der Waals surface area contributed by atoms with Gasteiger partial charge < -0.3 is 15.0 Å². The summed E-state index contributed by atoms with van der Waals surface area (Å²) < 4.78 is 1.90. The number of carbonyl (C=O) groups excluding carboxylic acids is 1. The predicted octanol–water partition coefficient (Wildman–Crippen LogP) is 1.88. The van der Waals surface area contributed by atoms with E-state index in [0.717, 1.165) is 25.8 Å². The van der Waals surface area contributed by atoms with Crippen LogP contribution >= 0.6 is 0 Å². The first-order valence-corrected chi connectivity index (χ1v) is 6.79. The van der Waals surface area contributed by atoms with Crippen molar-refractivity contribution in [3.63, 3.8) is 0 Å². The highest BCUT2D eigenvalue weighted by atomic mass is 16.4. The molecule has 0 radical (unpaired) electrons. The van der Waals surface area contributed by atoms with Gasteiger partial charge in [-0.05, 0) is 37.3 Å². The third kappa shape index (κ3) is 3.59. The van der Waals surface area contributed by atoms with Gasteiger partial charge in [-0.25, -0.2) is 0 Å². The lowest BCUT2D eigenvalue weighted by molar-refractivity contribution is -0.137. The number of carbonyl (C=O) groups is 2. The van der Waals surface area contributed by atoms with E-state index in [4.69, 9.17) is 5.11 Å². The van der Waals surface area contributed by atoms with Crippen molar-refractivity contribution in [1.29, 1.82) is 0 Å². The molecule has 19 heavy (non-hydrogen) atoms. The molecule has 0 aliphatic heterocycles. The van der Waals surface area contributed by atoms with Crippen LogP contribution in [0, 0.1) is 5.92 Å². The van der Waals surface area contributed by atoms with Crippen LogP contribution in [0.5, 0.6) is 0 Å². The summed E-state index contributed by atoms with van der Waals surface area (Å²) in [7, 11) is 0. The molecule has 104 valence electrons. The van der Waals surface area contributed by atoms with E-state index in [0.29, 0.717) is 11.6 Å². The van der Waals surface area contributed by atoms with Gasteiger partial charge in [0.25, 0.3) is 5.91 Å². The molecule has 1 amide bonds. The molecule has 5 heteroatoms. The van der Waals surface area contributed by atoms with E-state index in [1.54, 1.807) is 6.07 Å². The molecule has 2 rings (SSSR count). The molecular formula is C14H20N2O3. The molecule has 0 spiro atoms. The van der Waals surface area contributed by atoms with Gasteiger partial charge >= 0.3 is 5.97 Å². The Balaban J connectivity index is 2.01. The normalized spacial score (nSPS) is 16.1. The quantitative estimate of drug-likeness (QED) is 0.790. The molecule has 1 fully saturated rings. The Hall–Kier alpha value is -1.78. The van der Waals surface area contributed by atoms with Crippen molar-refractivity contribution in [2.24, 2.45) is 5.92 Å². The minimum absolute atomic E-state index is 0.00485. The Morgan fingerprint density at radius 2 is 2.26 bits per heavy atom. The van der Waals surface area contributed by atoms with Gasteiger partial charge in [0.1, 0.15) is 5.69 Å².